The molecule has 0 aromatic heterocycles. The highest BCUT2D eigenvalue weighted by Crippen LogP contribution is 2.23. The highest BCUT2D eigenvalue weighted by atomic mass is 19.4. The summed E-state index contributed by atoms with van der Waals surface area (Å²) in [5.41, 5.74) is 0.459. The van der Waals surface area contributed by atoms with E-state index in [4.69, 9.17) is 0 Å². The van der Waals surface area contributed by atoms with Gasteiger partial charge in [-0.25, -0.2) is 4.39 Å². The minimum atomic E-state index is -4.21. The number of rotatable bonds is 3. The van der Waals surface area contributed by atoms with E-state index in [-0.39, 0.29) is 11.9 Å². The Labute approximate surface area is 109 Å². The van der Waals surface area contributed by atoms with Crippen LogP contribution in [0, 0.1) is 5.82 Å². The van der Waals surface area contributed by atoms with Gasteiger partial charge in [-0.3, -0.25) is 0 Å². The molecule has 2 rings (SSSR count). The minimum absolute atomic E-state index is 0.255. The number of hydrogen-bond donors (Lipinski definition) is 1. The third-order valence-corrected chi connectivity index (χ3v) is 3.21. The molecular weight excluding hydrogens is 260 g/mol. The van der Waals surface area contributed by atoms with Crippen molar-refractivity contribution in [1.82, 2.24) is 5.32 Å². The predicted molar refractivity (Wildman–Crippen MR) is 65.7 cm³/mol. The summed E-state index contributed by atoms with van der Waals surface area (Å²) in [7, 11) is 0. The molecule has 2 nitrogen and oxygen atoms in total. The normalized spacial score (nSPS) is 20.6. The zero-order chi connectivity index (χ0) is 13.9. The van der Waals surface area contributed by atoms with E-state index in [2.05, 4.69) is 5.32 Å². The van der Waals surface area contributed by atoms with Crippen molar-refractivity contribution >= 4 is 5.69 Å². The Bertz CT molecular complexity index is 419. The second-order valence-corrected chi connectivity index (χ2v) is 4.73. The number of nitrogens with one attached hydrogen (secondary N) is 1. The van der Waals surface area contributed by atoms with E-state index in [1.54, 1.807) is 23.1 Å². The van der Waals surface area contributed by atoms with E-state index in [0.29, 0.717) is 25.2 Å². The molecule has 0 radical (unpaired) electrons. The van der Waals surface area contributed by atoms with Crippen molar-refractivity contribution in [2.75, 3.05) is 24.5 Å². The number of nitrogens with zero attached hydrogens (tertiary/aromatic N) is 1. The van der Waals surface area contributed by atoms with Gasteiger partial charge in [0.25, 0.3) is 0 Å². The molecule has 19 heavy (non-hydrogen) atoms. The zero-order valence-corrected chi connectivity index (χ0v) is 10.4. The van der Waals surface area contributed by atoms with Crippen LogP contribution in [0.2, 0.25) is 0 Å². The van der Waals surface area contributed by atoms with Gasteiger partial charge in [-0.05, 0) is 25.0 Å². The fourth-order valence-electron chi connectivity index (χ4n) is 2.33. The van der Waals surface area contributed by atoms with Gasteiger partial charge in [0.1, 0.15) is 5.82 Å². The van der Waals surface area contributed by atoms with E-state index in [9.17, 15) is 17.6 Å². The van der Waals surface area contributed by atoms with E-state index in [1.165, 1.54) is 6.07 Å². The molecule has 1 unspecified atom stereocenters. The SMILES string of the molecule is Fc1ccccc1N1CCCC(NCC(F)(F)F)C1. The van der Waals surface area contributed by atoms with Crippen LogP contribution in [0.1, 0.15) is 12.8 Å². The number of para-hydroxylation sites is 1. The molecule has 1 aliphatic heterocycles. The second-order valence-electron chi connectivity index (χ2n) is 4.73. The summed E-state index contributed by atoms with van der Waals surface area (Å²) in [5.74, 6) is -0.334. The summed E-state index contributed by atoms with van der Waals surface area (Å²) < 4.78 is 50.1. The van der Waals surface area contributed by atoms with Gasteiger partial charge in [0.2, 0.25) is 0 Å². The first-order chi connectivity index (χ1) is 8.96. The topological polar surface area (TPSA) is 15.3 Å². The van der Waals surface area contributed by atoms with Crippen LogP contribution in [-0.2, 0) is 0 Å². The Morgan fingerprint density at radius 3 is 2.68 bits per heavy atom. The van der Waals surface area contributed by atoms with Crippen LogP contribution in [0.3, 0.4) is 0 Å². The summed E-state index contributed by atoms with van der Waals surface area (Å²) in [5, 5.41) is 2.49. The van der Waals surface area contributed by atoms with Crippen molar-refractivity contribution < 1.29 is 17.6 Å². The van der Waals surface area contributed by atoms with Gasteiger partial charge in [0.15, 0.2) is 0 Å². The third-order valence-electron chi connectivity index (χ3n) is 3.21. The molecule has 1 fully saturated rings. The van der Waals surface area contributed by atoms with Gasteiger partial charge in [0.05, 0.1) is 12.2 Å². The van der Waals surface area contributed by atoms with Gasteiger partial charge in [0, 0.05) is 19.1 Å². The van der Waals surface area contributed by atoms with Crippen LogP contribution in [0.25, 0.3) is 0 Å². The van der Waals surface area contributed by atoms with Gasteiger partial charge in [-0.1, -0.05) is 12.1 Å². The maximum atomic E-state index is 13.6. The Kier molecular flexibility index (Phi) is 4.29. The van der Waals surface area contributed by atoms with Gasteiger partial charge in [-0.15, -0.1) is 0 Å². The maximum Gasteiger partial charge on any atom is 0.401 e. The summed E-state index contributed by atoms with van der Waals surface area (Å²) in [6.45, 7) is 0.0743. The quantitative estimate of drug-likeness (QED) is 0.854. The highest BCUT2D eigenvalue weighted by Gasteiger charge is 2.29. The molecule has 0 spiro atoms. The molecule has 0 amide bonds. The molecule has 106 valence electrons. The Morgan fingerprint density at radius 1 is 1.26 bits per heavy atom. The van der Waals surface area contributed by atoms with Gasteiger partial charge >= 0.3 is 6.18 Å². The number of halogens is 4. The molecule has 0 bridgehead atoms. The summed E-state index contributed by atoms with van der Waals surface area (Å²) >= 11 is 0. The smallest absolute Gasteiger partial charge is 0.368 e. The lowest BCUT2D eigenvalue weighted by Crippen LogP contribution is -2.48. The van der Waals surface area contributed by atoms with Crippen molar-refractivity contribution in [3.05, 3.63) is 30.1 Å². The molecule has 0 saturated carbocycles. The average molecular weight is 276 g/mol. The predicted octanol–water partition coefficient (Wildman–Crippen LogP) is 2.95. The van der Waals surface area contributed by atoms with E-state index >= 15 is 0 Å². The van der Waals surface area contributed by atoms with Gasteiger partial charge < -0.3 is 10.2 Å². The first kappa shape index (κ1) is 14.1. The van der Waals surface area contributed by atoms with Gasteiger partial charge in [-0.2, -0.15) is 13.2 Å². The van der Waals surface area contributed by atoms with Crippen LogP contribution in [-0.4, -0.2) is 31.9 Å². The van der Waals surface area contributed by atoms with Crippen molar-refractivity contribution in [3.63, 3.8) is 0 Å². The summed E-state index contributed by atoms with van der Waals surface area (Å²) in [4.78, 5) is 1.80. The van der Waals surface area contributed by atoms with Crippen LogP contribution in [0.4, 0.5) is 23.2 Å². The number of anilines is 1. The standard InChI is InChI=1S/C13H16F4N2/c14-11-5-1-2-6-12(11)19-7-3-4-10(8-19)18-9-13(15,16)17/h1-2,5-6,10,18H,3-4,7-9H2. The maximum absolute atomic E-state index is 13.6. The van der Waals surface area contributed by atoms with Crippen molar-refractivity contribution in [2.45, 2.75) is 25.1 Å². The number of hydrogen-bond acceptors (Lipinski definition) is 2. The fourth-order valence-corrected chi connectivity index (χ4v) is 2.33. The van der Waals surface area contributed by atoms with Crippen LogP contribution < -0.4 is 10.2 Å². The van der Waals surface area contributed by atoms with Crippen molar-refractivity contribution in [2.24, 2.45) is 0 Å². The molecule has 0 aliphatic carbocycles. The highest BCUT2D eigenvalue weighted by molar-refractivity contribution is 5.48. The number of piperidine rings is 1. The summed E-state index contributed by atoms with van der Waals surface area (Å²) in [6.07, 6.45) is -2.77. The molecule has 1 aliphatic rings. The van der Waals surface area contributed by atoms with Crippen molar-refractivity contribution in [1.29, 1.82) is 0 Å². The van der Waals surface area contributed by atoms with Crippen LogP contribution >= 0.6 is 0 Å². The summed E-state index contributed by atoms with van der Waals surface area (Å²) in [6, 6.07) is 6.09. The van der Waals surface area contributed by atoms with Crippen molar-refractivity contribution in [3.8, 4) is 0 Å². The Morgan fingerprint density at radius 2 is 2.00 bits per heavy atom. The van der Waals surface area contributed by atoms with Crippen LogP contribution in [0.5, 0.6) is 0 Å². The number of alkyl halides is 3. The molecule has 1 heterocycles. The number of benzene rings is 1. The van der Waals surface area contributed by atoms with E-state index < -0.39 is 12.7 Å². The molecule has 1 atom stereocenters. The molecular formula is C13H16F4N2. The first-order valence-electron chi connectivity index (χ1n) is 6.25. The molecule has 1 N–H and O–H groups in total. The lowest BCUT2D eigenvalue weighted by atomic mass is 10.0. The second kappa shape index (κ2) is 5.77. The minimum Gasteiger partial charge on any atom is -0.368 e. The van der Waals surface area contributed by atoms with Crippen LogP contribution in [0.15, 0.2) is 24.3 Å². The first-order valence-corrected chi connectivity index (χ1v) is 6.25. The largest absolute Gasteiger partial charge is 0.401 e. The third kappa shape index (κ3) is 4.09. The average Bonchev–Trinajstić information content (AvgIpc) is 2.36. The lowest BCUT2D eigenvalue weighted by molar-refractivity contribution is -0.126. The lowest BCUT2D eigenvalue weighted by Gasteiger charge is -2.35. The fraction of sp³-hybridized carbons (Fsp3) is 0.538. The Hall–Kier alpha value is -1.30. The monoisotopic (exact) mass is 276 g/mol. The molecule has 6 heteroatoms. The molecule has 1 saturated heterocycles. The molecule has 1 aromatic carbocycles. The molecule has 1 aromatic rings. The van der Waals surface area contributed by atoms with E-state index in [1.807, 2.05) is 0 Å². The zero-order valence-electron chi connectivity index (χ0n) is 10.4. The Balaban J connectivity index is 1.96. The van der Waals surface area contributed by atoms with E-state index in [0.717, 1.165) is 6.42 Å².